The maximum atomic E-state index is 12.3. The first kappa shape index (κ1) is 15.5. The van der Waals surface area contributed by atoms with Crippen molar-refractivity contribution in [3.05, 3.63) is 30.3 Å². The third-order valence-electron chi connectivity index (χ3n) is 3.60. The first-order chi connectivity index (χ1) is 9.80. The van der Waals surface area contributed by atoms with Crippen LogP contribution in [-0.4, -0.2) is 44.3 Å². The number of rotatable bonds is 4. The number of hydrogen-bond donors (Lipinski definition) is 1. The predicted octanol–water partition coefficient (Wildman–Crippen LogP) is 0.341. The van der Waals surface area contributed by atoms with Crippen molar-refractivity contribution in [1.29, 1.82) is 0 Å². The van der Waals surface area contributed by atoms with E-state index < -0.39 is 27.0 Å². The van der Waals surface area contributed by atoms with Gasteiger partial charge in [-0.15, -0.1) is 0 Å². The van der Waals surface area contributed by atoms with Crippen LogP contribution in [0, 0.1) is 0 Å². The third-order valence-corrected chi connectivity index (χ3v) is 5.10. The molecule has 2 rings (SSSR count). The van der Waals surface area contributed by atoms with Crippen molar-refractivity contribution < 1.29 is 18.0 Å². The number of nitrogens with zero attached hydrogens (tertiary/aromatic N) is 1. The van der Waals surface area contributed by atoms with Gasteiger partial charge in [0.15, 0.2) is 9.84 Å². The molecular weight excluding hydrogens is 292 g/mol. The first-order valence-electron chi connectivity index (χ1n) is 6.66. The highest BCUT2D eigenvalue weighted by Crippen LogP contribution is 2.21. The van der Waals surface area contributed by atoms with Gasteiger partial charge in [-0.3, -0.25) is 9.59 Å². The summed E-state index contributed by atoms with van der Waals surface area (Å²) in [5, 5.41) is 1.37. The molecule has 1 fully saturated rings. The molecule has 0 radical (unpaired) electrons. The van der Waals surface area contributed by atoms with Crippen molar-refractivity contribution in [3.63, 3.8) is 0 Å². The number of hydrogen-bond acceptors (Lipinski definition) is 4. The molecule has 2 atom stereocenters. The van der Waals surface area contributed by atoms with Gasteiger partial charge in [-0.25, -0.2) is 8.42 Å². The minimum Gasteiger partial charge on any atom is -0.343 e. The summed E-state index contributed by atoms with van der Waals surface area (Å²) < 4.78 is 22.7. The van der Waals surface area contributed by atoms with Crippen LogP contribution in [0.3, 0.4) is 0 Å². The average Bonchev–Trinajstić information content (AvgIpc) is 2.79. The Morgan fingerprint density at radius 1 is 1.33 bits per heavy atom. The smallest absolute Gasteiger partial charge is 0.249 e. The highest BCUT2D eigenvalue weighted by Gasteiger charge is 2.35. The van der Waals surface area contributed by atoms with Crippen LogP contribution in [-0.2, 0) is 19.4 Å². The summed E-state index contributed by atoms with van der Waals surface area (Å²) in [5.41, 5.74) is 0.774. The fourth-order valence-electron chi connectivity index (χ4n) is 2.16. The van der Waals surface area contributed by atoms with Crippen LogP contribution in [0.2, 0.25) is 0 Å². The van der Waals surface area contributed by atoms with E-state index >= 15 is 0 Å². The number of anilines is 1. The van der Waals surface area contributed by atoms with Crippen molar-refractivity contribution in [3.8, 4) is 0 Å². The van der Waals surface area contributed by atoms with Gasteiger partial charge >= 0.3 is 0 Å². The molecule has 6 nitrogen and oxygen atoms in total. The lowest BCUT2D eigenvalue weighted by atomic mass is 10.2. The van der Waals surface area contributed by atoms with Gasteiger partial charge in [0.1, 0.15) is 11.3 Å². The van der Waals surface area contributed by atoms with Crippen molar-refractivity contribution in [2.45, 2.75) is 24.6 Å². The van der Waals surface area contributed by atoms with Gasteiger partial charge in [-0.05, 0) is 25.5 Å². The van der Waals surface area contributed by atoms with E-state index in [4.69, 9.17) is 0 Å². The Bertz CT molecular complexity index is 642. The van der Waals surface area contributed by atoms with E-state index in [1.54, 1.807) is 4.90 Å². The fourth-order valence-corrected chi connectivity index (χ4v) is 2.62. The molecule has 114 valence electrons. The maximum absolute atomic E-state index is 12.3. The Morgan fingerprint density at radius 3 is 2.52 bits per heavy atom. The van der Waals surface area contributed by atoms with Crippen molar-refractivity contribution in [2.24, 2.45) is 0 Å². The largest absolute Gasteiger partial charge is 0.343 e. The number of sulfone groups is 1. The quantitative estimate of drug-likeness (QED) is 0.869. The summed E-state index contributed by atoms with van der Waals surface area (Å²) >= 11 is 0. The lowest BCUT2D eigenvalue weighted by molar-refractivity contribution is -0.126. The molecular formula is C14H18N2O4S. The van der Waals surface area contributed by atoms with Crippen LogP contribution in [0.5, 0.6) is 0 Å². The maximum Gasteiger partial charge on any atom is 0.249 e. The van der Waals surface area contributed by atoms with Crippen molar-refractivity contribution in [2.75, 3.05) is 17.7 Å². The van der Waals surface area contributed by atoms with E-state index in [0.29, 0.717) is 13.0 Å². The summed E-state index contributed by atoms with van der Waals surface area (Å²) in [6.45, 7) is 1.82. The Morgan fingerprint density at radius 2 is 1.95 bits per heavy atom. The number of amides is 2. The average molecular weight is 310 g/mol. The standard InChI is InChI=1S/C14H18N2O4S/c1-10(21(2,19)20)13(17)15-12-8-9-16(14(12)18)11-6-4-3-5-7-11/h3-7,10,12H,8-9H2,1-2H3,(H,15,17). The number of benzene rings is 1. The number of carbonyl (C=O) groups is 2. The molecule has 0 spiro atoms. The summed E-state index contributed by atoms with van der Waals surface area (Å²) in [5.74, 6) is -0.846. The molecule has 2 unspecified atom stereocenters. The van der Waals surface area contributed by atoms with Crippen LogP contribution in [0.1, 0.15) is 13.3 Å². The summed E-state index contributed by atoms with van der Waals surface area (Å²) in [6, 6.07) is 8.50. The molecule has 7 heteroatoms. The van der Waals surface area contributed by atoms with E-state index in [-0.39, 0.29) is 5.91 Å². The van der Waals surface area contributed by atoms with E-state index in [1.165, 1.54) is 6.92 Å². The van der Waals surface area contributed by atoms with Gasteiger partial charge in [0.25, 0.3) is 0 Å². The van der Waals surface area contributed by atoms with Gasteiger partial charge in [-0.2, -0.15) is 0 Å². The molecule has 0 saturated carbocycles. The van der Waals surface area contributed by atoms with Gasteiger partial charge < -0.3 is 10.2 Å². The molecule has 1 aliphatic heterocycles. The SMILES string of the molecule is CC(C(=O)NC1CCN(c2ccccc2)C1=O)S(C)(=O)=O. The Hall–Kier alpha value is -1.89. The van der Waals surface area contributed by atoms with Gasteiger partial charge in [0.2, 0.25) is 11.8 Å². The Labute approximate surface area is 124 Å². The second-order valence-electron chi connectivity index (χ2n) is 5.15. The molecule has 0 aliphatic carbocycles. The number of carbonyl (C=O) groups excluding carboxylic acids is 2. The zero-order valence-electron chi connectivity index (χ0n) is 11.9. The topological polar surface area (TPSA) is 83.6 Å². The van der Waals surface area contributed by atoms with E-state index in [0.717, 1.165) is 11.9 Å². The van der Waals surface area contributed by atoms with Gasteiger partial charge in [0.05, 0.1) is 0 Å². The van der Waals surface area contributed by atoms with Crippen molar-refractivity contribution >= 4 is 27.3 Å². The van der Waals surface area contributed by atoms with E-state index in [1.807, 2.05) is 30.3 Å². The highest BCUT2D eigenvalue weighted by molar-refractivity contribution is 7.92. The van der Waals surface area contributed by atoms with E-state index in [2.05, 4.69) is 5.32 Å². The zero-order chi connectivity index (χ0) is 15.6. The molecule has 0 bridgehead atoms. The van der Waals surface area contributed by atoms with Crippen LogP contribution >= 0.6 is 0 Å². The predicted molar refractivity (Wildman–Crippen MR) is 79.6 cm³/mol. The Kier molecular flexibility index (Phi) is 4.32. The molecule has 1 aromatic carbocycles. The van der Waals surface area contributed by atoms with E-state index in [9.17, 15) is 18.0 Å². The highest BCUT2D eigenvalue weighted by atomic mass is 32.2. The van der Waals surface area contributed by atoms with Crippen molar-refractivity contribution in [1.82, 2.24) is 5.32 Å². The molecule has 1 saturated heterocycles. The summed E-state index contributed by atoms with van der Waals surface area (Å²) in [4.78, 5) is 25.7. The molecule has 1 N–H and O–H groups in total. The normalized spacial score (nSPS) is 20.4. The number of nitrogens with one attached hydrogen (secondary N) is 1. The van der Waals surface area contributed by atoms with Crippen LogP contribution < -0.4 is 10.2 Å². The molecule has 21 heavy (non-hydrogen) atoms. The first-order valence-corrected chi connectivity index (χ1v) is 8.62. The third kappa shape index (κ3) is 3.41. The molecule has 0 aromatic heterocycles. The molecule has 1 aliphatic rings. The van der Waals surface area contributed by atoms with Crippen LogP contribution in [0.4, 0.5) is 5.69 Å². The molecule has 1 heterocycles. The van der Waals surface area contributed by atoms with Gasteiger partial charge in [-0.1, -0.05) is 18.2 Å². The fraction of sp³-hybridized carbons (Fsp3) is 0.429. The summed E-state index contributed by atoms with van der Waals surface area (Å²) in [6.07, 6.45) is 1.47. The minimum atomic E-state index is -3.46. The zero-order valence-corrected chi connectivity index (χ0v) is 12.8. The molecule has 2 amide bonds. The Balaban J connectivity index is 2.05. The number of para-hydroxylation sites is 1. The van der Waals surface area contributed by atoms with Crippen LogP contribution in [0.15, 0.2) is 30.3 Å². The minimum absolute atomic E-state index is 0.213. The molecule has 1 aromatic rings. The second kappa shape index (κ2) is 5.85. The summed E-state index contributed by atoms with van der Waals surface area (Å²) in [7, 11) is -3.46. The monoisotopic (exact) mass is 310 g/mol. The second-order valence-corrected chi connectivity index (χ2v) is 7.51. The lowest BCUT2D eigenvalue weighted by Gasteiger charge is -2.18. The van der Waals surface area contributed by atoms with Gasteiger partial charge in [0, 0.05) is 18.5 Å². The lowest BCUT2D eigenvalue weighted by Crippen LogP contribution is -2.46. The van der Waals surface area contributed by atoms with Crippen LogP contribution in [0.25, 0.3) is 0 Å².